The van der Waals surface area contributed by atoms with Gasteiger partial charge >= 0.3 is 0 Å². The normalized spacial score (nSPS) is 17.4. The third kappa shape index (κ3) is 4.00. The number of hydrogen-bond donors (Lipinski definition) is 0. The fourth-order valence-electron chi connectivity index (χ4n) is 3.24. The van der Waals surface area contributed by atoms with Crippen molar-refractivity contribution in [3.8, 4) is 0 Å². The highest BCUT2D eigenvalue weighted by Gasteiger charge is 2.25. The number of aromatic nitrogens is 1. The summed E-state index contributed by atoms with van der Waals surface area (Å²) in [6.07, 6.45) is 3.63. The van der Waals surface area contributed by atoms with Crippen LogP contribution < -0.4 is 0 Å². The van der Waals surface area contributed by atoms with Crippen molar-refractivity contribution in [2.24, 2.45) is 0 Å². The lowest BCUT2D eigenvalue weighted by Gasteiger charge is -2.38. The molecule has 132 valence electrons. The van der Waals surface area contributed by atoms with E-state index in [-0.39, 0.29) is 23.8 Å². The third-order valence-corrected chi connectivity index (χ3v) is 4.79. The molecule has 1 aromatic carbocycles. The molecule has 0 aliphatic carbocycles. The number of nitrogens with zero attached hydrogens (tertiary/aromatic N) is 4. The predicted molar refractivity (Wildman–Crippen MR) is 92.6 cm³/mol. The molecule has 1 aliphatic rings. The van der Waals surface area contributed by atoms with Crippen LogP contribution in [0.25, 0.3) is 0 Å². The van der Waals surface area contributed by atoms with Gasteiger partial charge in [0.05, 0.1) is 10.5 Å². The maximum atomic E-state index is 14.0. The molecule has 2 heterocycles. The summed E-state index contributed by atoms with van der Waals surface area (Å²) in [5, 5.41) is 11.1. The minimum Gasteiger partial charge on any atom is -0.296 e. The summed E-state index contributed by atoms with van der Waals surface area (Å²) >= 11 is 0. The zero-order valence-electron chi connectivity index (χ0n) is 14.1. The molecule has 6 nitrogen and oxygen atoms in total. The van der Waals surface area contributed by atoms with Crippen LogP contribution in [-0.4, -0.2) is 45.9 Å². The van der Waals surface area contributed by atoms with Gasteiger partial charge in [-0.25, -0.2) is 4.39 Å². The summed E-state index contributed by atoms with van der Waals surface area (Å²) in [5.41, 5.74) is 1.19. The molecular weight excluding hydrogens is 323 g/mol. The van der Waals surface area contributed by atoms with Crippen LogP contribution in [0.5, 0.6) is 0 Å². The molecule has 1 atom stereocenters. The van der Waals surface area contributed by atoms with Gasteiger partial charge in [0.25, 0.3) is 5.69 Å². The zero-order chi connectivity index (χ0) is 17.8. The van der Waals surface area contributed by atoms with Crippen LogP contribution in [0, 0.1) is 15.9 Å². The van der Waals surface area contributed by atoms with Crippen molar-refractivity contribution in [2.75, 3.05) is 26.2 Å². The lowest BCUT2D eigenvalue weighted by atomic mass is 10.1. The number of hydrogen-bond acceptors (Lipinski definition) is 5. The van der Waals surface area contributed by atoms with Gasteiger partial charge in [0.15, 0.2) is 0 Å². The van der Waals surface area contributed by atoms with Gasteiger partial charge in [0.2, 0.25) is 0 Å². The number of nitro benzene ring substituents is 1. The number of rotatable bonds is 5. The standard InChI is InChI=1S/C18H21FN4O2/c1-14(15-4-3-7-20-12-15)22-10-8-21(9-11-22)13-16-17(19)5-2-6-18(16)23(24)25/h2-7,12,14H,8-11,13H2,1H3. The molecule has 1 saturated heterocycles. The molecular formula is C18H21FN4O2. The van der Waals surface area contributed by atoms with Crippen molar-refractivity contribution in [2.45, 2.75) is 19.5 Å². The Bertz CT molecular complexity index is 733. The quantitative estimate of drug-likeness (QED) is 0.616. The van der Waals surface area contributed by atoms with E-state index in [1.165, 1.54) is 23.8 Å². The Balaban J connectivity index is 1.63. The fraction of sp³-hybridized carbons (Fsp3) is 0.389. The average molecular weight is 344 g/mol. The second-order valence-electron chi connectivity index (χ2n) is 6.27. The Hall–Kier alpha value is -2.38. The van der Waals surface area contributed by atoms with Crippen molar-refractivity contribution in [1.29, 1.82) is 0 Å². The van der Waals surface area contributed by atoms with Crippen LogP contribution in [0.15, 0.2) is 42.7 Å². The van der Waals surface area contributed by atoms with Gasteiger partial charge in [-0.2, -0.15) is 0 Å². The maximum absolute atomic E-state index is 14.0. The number of pyridine rings is 1. The highest BCUT2D eigenvalue weighted by molar-refractivity contribution is 5.40. The maximum Gasteiger partial charge on any atom is 0.276 e. The van der Waals surface area contributed by atoms with Gasteiger partial charge in [0.1, 0.15) is 5.82 Å². The fourth-order valence-corrected chi connectivity index (χ4v) is 3.24. The van der Waals surface area contributed by atoms with E-state index in [4.69, 9.17) is 0 Å². The summed E-state index contributed by atoms with van der Waals surface area (Å²) in [4.78, 5) is 19.2. The van der Waals surface area contributed by atoms with Gasteiger partial charge in [-0.1, -0.05) is 12.1 Å². The summed E-state index contributed by atoms with van der Waals surface area (Å²) in [7, 11) is 0. The first kappa shape index (κ1) is 17.4. The lowest BCUT2D eigenvalue weighted by Crippen LogP contribution is -2.46. The van der Waals surface area contributed by atoms with Crippen LogP contribution >= 0.6 is 0 Å². The van der Waals surface area contributed by atoms with E-state index in [0.717, 1.165) is 26.2 Å². The van der Waals surface area contributed by atoms with Gasteiger partial charge in [0, 0.05) is 57.2 Å². The topological polar surface area (TPSA) is 62.5 Å². The molecule has 0 radical (unpaired) electrons. The summed E-state index contributed by atoms with van der Waals surface area (Å²) in [6, 6.07) is 8.28. The van der Waals surface area contributed by atoms with Gasteiger partial charge in [-0.3, -0.25) is 24.9 Å². The number of halogens is 1. The van der Waals surface area contributed by atoms with Gasteiger partial charge in [-0.15, -0.1) is 0 Å². The van der Waals surface area contributed by atoms with Crippen LogP contribution in [0.2, 0.25) is 0 Å². The van der Waals surface area contributed by atoms with Crippen molar-refractivity contribution in [1.82, 2.24) is 14.8 Å². The lowest BCUT2D eigenvalue weighted by molar-refractivity contribution is -0.386. The van der Waals surface area contributed by atoms with Crippen LogP contribution in [-0.2, 0) is 6.54 Å². The second-order valence-corrected chi connectivity index (χ2v) is 6.27. The first-order chi connectivity index (χ1) is 12.1. The first-order valence-corrected chi connectivity index (χ1v) is 8.34. The number of nitro groups is 1. The monoisotopic (exact) mass is 344 g/mol. The predicted octanol–water partition coefficient (Wildman–Crippen LogP) is 3.01. The molecule has 1 unspecified atom stereocenters. The molecule has 2 aromatic rings. The van der Waals surface area contributed by atoms with Crippen molar-refractivity contribution >= 4 is 5.69 Å². The molecule has 25 heavy (non-hydrogen) atoms. The first-order valence-electron chi connectivity index (χ1n) is 8.34. The number of piperazine rings is 1. The molecule has 0 spiro atoms. The summed E-state index contributed by atoms with van der Waals surface area (Å²) in [6.45, 7) is 5.56. The Labute approximate surface area is 146 Å². The molecule has 0 amide bonds. The van der Waals surface area contributed by atoms with E-state index in [1.54, 1.807) is 6.20 Å². The Morgan fingerprint density at radius 3 is 2.64 bits per heavy atom. The van der Waals surface area contributed by atoms with E-state index < -0.39 is 10.7 Å². The Kier molecular flexibility index (Phi) is 5.35. The van der Waals surface area contributed by atoms with Gasteiger partial charge in [-0.05, 0) is 24.6 Å². The minimum absolute atomic E-state index is 0.147. The molecule has 0 N–H and O–H groups in total. The van der Waals surface area contributed by atoms with E-state index in [0.29, 0.717) is 0 Å². The second kappa shape index (κ2) is 7.67. The van der Waals surface area contributed by atoms with Crippen molar-refractivity contribution in [3.05, 3.63) is 69.8 Å². The highest BCUT2D eigenvalue weighted by Crippen LogP contribution is 2.25. The average Bonchev–Trinajstić information content (AvgIpc) is 2.64. The van der Waals surface area contributed by atoms with Crippen LogP contribution in [0.3, 0.4) is 0 Å². The molecule has 1 aliphatic heterocycles. The molecule has 1 aromatic heterocycles. The summed E-state index contributed by atoms with van der Waals surface area (Å²) < 4.78 is 14.0. The van der Waals surface area contributed by atoms with E-state index >= 15 is 0 Å². The van der Waals surface area contributed by atoms with Crippen LogP contribution in [0.4, 0.5) is 10.1 Å². The third-order valence-electron chi connectivity index (χ3n) is 4.79. The zero-order valence-corrected chi connectivity index (χ0v) is 14.1. The van der Waals surface area contributed by atoms with E-state index in [1.807, 2.05) is 12.3 Å². The SMILES string of the molecule is CC(c1cccnc1)N1CCN(Cc2c(F)cccc2[N+](=O)[O-])CC1. The molecule has 3 rings (SSSR count). The molecule has 0 bridgehead atoms. The molecule has 0 saturated carbocycles. The molecule has 7 heteroatoms. The summed E-state index contributed by atoms with van der Waals surface area (Å²) in [5.74, 6) is -0.514. The van der Waals surface area contributed by atoms with Gasteiger partial charge < -0.3 is 0 Å². The Morgan fingerprint density at radius 1 is 1.24 bits per heavy atom. The Morgan fingerprint density at radius 2 is 2.00 bits per heavy atom. The van der Waals surface area contributed by atoms with Crippen LogP contribution in [0.1, 0.15) is 24.1 Å². The van der Waals surface area contributed by atoms with E-state index in [2.05, 4.69) is 27.8 Å². The smallest absolute Gasteiger partial charge is 0.276 e. The van der Waals surface area contributed by atoms with Crippen molar-refractivity contribution < 1.29 is 9.31 Å². The number of benzene rings is 1. The van der Waals surface area contributed by atoms with E-state index in [9.17, 15) is 14.5 Å². The minimum atomic E-state index is -0.515. The highest BCUT2D eigenvalue weighted by atomic mass is 19.1. The largest absolute Gasteiger partial charge is 0.296 e. The van der Waals surface area contributed by atoms with Crippen molar-refractivity contribution in [3.63, 3.8) is 0 Å². The molecule has 1 fully saturated rings.